The Bertz CT molecular complexity index is 848. The van der Waals surface area contributed by atoms with Crippen molar-refractivity contribution in [2.45, 2.75) is 18.7 Å². The molecule has 6 nitrogen and oxygen atoms in total. The first-order valence-electron chi connectivity index (χ1n) is 6.17. The lowest BCUT2D eigenvalue weighted by atomic mass is 10.2. The molecule has 0 saturated heterocycles. The van der Waals surface area contributed by atoms with Crippen LogP contribution in [0.4, 0.5) is 5.69 Å². The van der Waals surface area contributed by atoms with E-state index in [0.29, 0.717) is 4.47 Å². The van der Waals surface area contributed by atoms with Crippen LogP contribution in [0.1, 0.15) is 11.1 Å². The third-order valence-electron chi connectivity index (χ3n) is 3.01. The summed E-state index contributed by atoms with van der Waals surface area (Å²) in [5, 5.41) is 10.9. The van der Waals surface area contributed by atoms with Crippen molar-refractivity contribution in [3.05, 3.63) is 62.1 Å². The molecule has 0 fully saturated rings. The van der Waals surface area contributed by atoms with Crippen LogP contribution < -0.4 is 4.18 Å². The van der Waals surface area contributed by atoms with Crippen LogP contribution in [0, 0.1) is 24.0 Å². The Labute approximate surface area is 136 Å². The van der Waals surface area contributed by atoms with Gasteiger partial charge in [-0.2, -0.15) is 8.42 Å². The number of benzene rings is 2. The highest BCUT2D eigenvalue weighted by Crippen LogP contribution is 2.31. The molecule has 22 heavy (non-hydrogen) atoms. The number of hydrogen-bond acceptors (Lipinski definition) is 5. The molecule has 0 aromatic heterocycles. The van der Waals surface area contributed by atoms with E-state index in [2.05, 4.69) is 15.9 Å². The van der Waals surface area contributed by atoms with Crippen LogP contribution >= 0.6 is 15.9 Å². The van der Waals surface area contributed by atoms with Crippen LogP contribution in [0.15, 0.2) is 45.8 Å². The summed E-state index contributed by atoms with van der Waals surface area (Å²) in [6, 6.07) is 8.77. The van der Waals surface area contributed by atoms with Crippen LogP contribution in [0.5, 0.6) is 5.75 Å². The van der Waals surface area contributed by atoms with Gasteiger partial charge >= 0.3 is 10.1 Å². The molecule has 0 N–H and O–H groups in total. The van der Waals surface area contributed by atoms with E-state index in [4.69, 9.17) is 4.18 Å². The summed E-state index contributed by atoms with van der Waals surface area (Å²) in [6.07, 6.45) is 0. The summed E-state index contributed by atoms with van der Waals surface area (Å²) >= 11 is 3.23. The van der Waals surface area contributed by atoms with Gasteiger partial charge in [-0.3, -0.25) is 10.1 Å². The van der Waals surface area contributed by atoms with Gasteiger partial charge in [-0.1, -0.05) is 12.1 Å². The third kappa shape index (κ3) is 3.28. The number of nitro groups is 1. The first-order valence-corrected chi connectivity index (χ1v) is 8.37. The SMILES string of the molecule is Cc1ccc(OS(=O)(=O)c2cccc([N+](=O)[O-])c2C)c(Br)c1. The van der Waals surface area contributed by atoms with Crippen LogP contribution in [-0.2, 0) is 10.1 Å². The van der Waals surface area contributed by atoms with Crippen molar-refractivity contribution >= 4 is 31.7 Å². The maximum atomic E-state index is 12.4. The van der Waals surface area contributed by atoms with Gasteiger partial charge in [0.05, 0.1) is 9.40 Å². The van der Waals surface area contributed by atoms with Gasteiger partial charge in [0, 0.05) is 11.6 Å². The Balaban J connectivity index is 2.47. The molecule has 0 aliphatic heterocycles. The summed E-state index contributed by atoms with van der Waals surface area (Å²) in [6.45, 7) is 3.23. The number of nitro benzene ring substituents is 1. The number of aryl methyl sites for hydroxylation is 1. The molecule has 0 amide bonds. The van der Waals surface area contributed by atoms with E-state index < -0.39 is 15.0 Å². The zero-order chi connectivity index (χ0) is 16.5. The van der Waals surface area contributed by atoms with Crippen molar-refractivity contribution in [3.8, 4) is 5.75 Å². The predicted octanol–water partition coefficient (Wildman–Crippen LogP) is 3.74. The molecule has 2 aromatic carbocycles. The molecule has 0 aliphatic rings. The van der Waals surface area contributed by atoms with Gasteiger partial charge in [-0.15, -0.1) is 0 Å². The summed E-state index contributed by atoms with van der Waals surface area (Å²) in [7, 11) is -4.17. The molecule has 0 bridgehead atoms. The van der Waals surface area contributed by atoms with Gasteiger partial charge in [0.25, 0.3) is 5.69 Å². The van der Waals surface area contributed by atoms with Crippen molar-refractivity contribution < 1.29 is 17.5 Å². The fraction of sp³-hybridized carbons (Fsp3) is 0.143. The van der Waals surface area contributed by atoms with E-state index in [-0.39, 0.29) is 21.9 Å². The Hall–Kier alpha value is -1.93. The Morgan fingerprint density at radius 2 is 1.86 bits per heavy atom. The van der Waals surface area contributed by atoms with E-state index in [9.17, 15) is 18.5 Å². The van der Waals surface area contributed by atoms with Crippen LogP contribution in [0.2, 0.25) is 0 Å². The van der Waals surface area contributed by atoms with Crippen LogP contribution in [0.25, 0.3) is 0 Å². The van der Waals surface area contributed by atoms with E-state index in [0.717, 1.165) is 5.56 Å². The van der Waals surface area contributed by atoms with Crippen LogP contribution in [-0.4, -0.2) is 13.3 Å². The third-order valence-corrected chi connectivity index (χ3v) is 5.01. The Kier molecular flexibility index (Phi) is 4.52. The molecule has 0 spiro atoms. The lowest BCUT2D eigenvalue weighted by molar-refractivity contribution is -0.385. The fourth-order valence-electron chi connectivity index (χ4n) is 1.91. The summed E-state index contributed by atoms with van der Waals surface area (Å²) < 4.78 is 30.3. The van der Waals surface area contributed by atoms with Crippen molar-refractivity contribution in [3.63, 3.8) is 0 Å². The smallest absolute Gasteiger partial charge is 0.339 e. The zero-order valence-electron chi connectivity index (χ0n) is 11.7. The van der Waals surface area contributed by atoms with Crippen molar-refractivity contribution in [1.29, 1.82) is 0 Å². The molecular formula is C14H12BrNO5S. The highest BCUT2D eigenvalue weighted by atomic mass is 79.9. The summed E-state index contributed by atoms with van der Waals surface area (Å²) in [4.78, 5) is 10.1. The molecule has 2 aromatic rings. The first-order chi connectivity index (χ1) is 10.2. The molecule has 8 heteroatoms. The van der Waals surface area contributed by atoms with Gasteiger partial charge in [0.15, 0.2) is 5.75 Å². The normalized spacial score (nSPS) is 11.2. The topological polar surface area (TPSA) is 86.5 Å². The highest BCUT2D eigenvalue weighted by Gasteiger charge is 2.25. The molecular weight excluding hydrogens is 374 g/mol. The van der Waals surface area contributed by atoms with Crippen molar-refractivity contribution in [1.82, 2.24) is 0 Å². The van der Waals surface area contributed by atoms with Gasteiger partial charge in [-0.25, -0.2) is 0 Å². The fourth-order valence-corrected chi connectivity index (χ4v) is 3.79. The minimum absolute atomic E-state index is 0.0377. The second kappa shape index (κ2) is 6.05. The number of halogens is 1. The maximum Gasteiger partial charge on any atom is 0.339 e. The van der Waals surface area contributed by atoms with Gasteiger partial charge in [0.2, 0.25) is 0 Å². The zero-order valence-corrected chi connectivity index (χ0v) is 14.1. The maximum absolute atomic E-state index is 12.4. The van der Waals surface area contributed by atoms with Gasteiger partial charge < -0.3 is 4.18 Å². The number of nitrogens with zero attached hydrogens (tertiary/aromatic N) is 1. The van der Waals surface area contributed by atoms with Gasteiger partial charge in [0.1, 0.15) is 4.90 Å². The van der Waals surface area contributed by atoms with Gasteiger partial charge in [-0.05, 0) is 53.5 Å². The monoisotopic (exact) mass is 385 g/mol. The summed E-state index contributed by atoms with van der Waals surface area (Å²) in [5.41, 5.74) is 0.700. The minimum atomic E-state index is -4.17. The molecule has 0 saturated carbocycles. The second-order valence-electron chi connectivity index (χ2n) is 4.63. The molecule has 0 radical (unpaired) electrons. The number of rotatable bonds is 4. The highest BCUT2D eigenvalue weighted by molar-refractivity contribution is 9.10. The van der Waals surface area contributed by atoms with E-state index >= 15 is 0 Å². The molecule has 0 atom stereocenters. The lowest BCUT2D eigenvalue weighted by Crippen LogP contribution is -2.12. The molecule has 0 heterocycles. The first kappa shape index (κ1) is 16.4. The Morgan fingerprint density at radius 3 is 2.45 bits per heavy atom. The Morgan fingerprint density at radius 1 is 1.18 bits per heavy atom. The molecule has 0 unspecified atom stereocenters. The van der Waals surface area contributed by atoms with Crippen molar-refractivity contribution in [2.24, 2.45) is 0 Å². The average Bonchev–Trinajstić information content (AvgIpc) is 2.41. The quantitative estimate of drug-likeness (QED) is 0.454. The van der Waals surface area contributed by atoms with E-state index in [1.54, 1.807) is 12.1 Å². The standard InChI is InChI=1S/C14H12BrNO5S/c1-9-6-7-13(11(15)8-9)21-22(19,20)14-5-3-4-12(10(14)2)16(17)18/h3-8H,1-2H3. The van der Waals surface area contributed by atoms with Crippen LogP contribution in [0.3, 0.4) is 0 Å². The predicted molar refractivity (Wildman–Crippen MR) is 84.5 cm³/mol. The molecule has 0 aliphatic carbocycles. The second-order valence-corrected chi connectivity index (χ2v) is 7.00. The largest absolute Gasteiger partial charge is 0.378 e. The summed E-state index contributed by atoms with van der Waals surface area (Å²) in [5.74, 6) is 0.122. The molecule has 116 valence electrons. The number of hydrogen-bond donors (Lipinski definition) is 0. The lowest BCUT2D eigenvalue weighted by Gasteiger charge is -2.11. The molecule has 2 rings (SSSR count). The minimum Gasteiger partial charge on any atom is -0.378 e. The van der Waals surface area contributed by atoms with E-state index in [1.165, 1.54) is 31.2 Å². The van der Waals surface area contributed by atoms with E-state index in [1.807, 2.05) is 6.92 Å². The van der Waals surface area contributed by atoms with Crippen molar-refractivity contribution in [2.75, 3.05) is 0 Å². The average molecular weight is 386 g/mol.